The summed E-state index contributed by atoms with van der Waals surface area (Å²) in [6.45, 7) is 1.55. The minimum Gasteiger partial charge on any atom is -0.394 e. The van der Waals surface area contributed by atoms with Crippen LogP contribution >= 0.6 is 0 Å². The summed E-state index contributed by atoms with van der Waals surface area (Å²) in [6, 6.07) is 0.0538. The first-order chi connectivity index (χ1) is 8.33. The quantitative estimate of drug-likeness (QED) is 0.456. The van der Waals surface area contributed by atoms with Crippen LogP contribution < -0.4 is 10.6 Å². The molecule has 0 aromatic heterocycles. The van der Waals surface area contributed by atoms with Crippen molar-refractivity contribution in [3.8, 4) is 0 Å². The molecule has 1 rings (SSSR count). The fourth-order valence-electron chi connectivity index (χ4n) is 1.69. The number of carbonyl (C=O) groups excluding carboxylic acids is 1. The average Bonchev–Trinajstić information content (AvgIpc) is 2.35. The summed E-state index contributed by atoms with van der Waals surface area (Å²) in [4.78, 5) is 11.5. The summed E-state index contributed by atoms with van der Waals surface area (Å²) in [5.74, 6) is 0. The Bertz CT molecular complexity index is 244. The second-order valence-electron chi connectivity index (χ2n) is 4.06. The summed E-state index contributed by atoms with van der Waals surface area (Å²) in [6.07, 6.45) is 8.18. The summed E-state index contributed by atoms with van der Waals surface area (Å²) < 4.78 is 5.08. The van der Waals surface area contributed by atoms with E-state index < -0.39 is 0 Å². The van der Waals surface area contributed by atoms with Crippen molar-refractivity contribution >= 4 is 6.03 Å². The van der Waals surface area contributed by atoms with E-state index in [-0.39, 0.29) is 18.7 Å². The van der Waals surface area contributed by atoms with Gasteiger partial charge in [0, 0.05) is 19.2 Å². The van der Waals surface area contributed by atoms with Crippen LogP contribution in [0.1, 0.15) is 25.7 Å². The number of allylic oxidation sites excluding steroid dienone is 1. The largest absolute Gasteiger partial charge is 0.394 e. The van der Waals surface area contributed by atoms with Gasteiger partial charge in [0.2, 0.25) is 0 Å². The van der Waals surface area contributed by atoms with Crippen LogP contribution in [0.25, 0.3) is 0 Å². The third-order valence-electron chi connectivity index (χ3n) is 2.56. The van der Waals surface area contributed by atoms with Crippen molar-refractivity contribution in [1.82, 2.24) is 10.6 Å². The summed E-state index contributed by atoms with van der Waals surface area (Å²) >= 11 is 0. The highest BCUT2D eigenvalue weighted by atomic mass is 16.5. The first-order valence-corrected chi connectivity index (χ1v) is 6.22. The molecule has 0 spiro atoms. The van der Waals surface area contributed by atoms with E-state index in [2.05, 4.69) is 16.7 Å². The van der Waals surface area contributed by atoms with Crippen molar-refractivity contribution in [3.63, 3.8) is 0 Å². The lowest BCUT2D eigenvalue weighted by Crippen LogP contribution is -2.42. The van der Waals surface area contributed by atoms with Crippen LogP contribution in [-0.4, -0.2) is 43.5 Å². The number of aliphatic hydroxyl groups excluding tert-OH is 1. The molecule has 0 saturated heterocycles. The molecule has 5 heteroatoms. The van der Waals surface area contributed by atoms with E-state index in [4.69, 9.17) is 9.84 Å². The molecule has 0 aromatic rings. The zero-order chi connectivity index (χ0) is 12.3. The normalized spacial score (nSPS) is 19.0. The molecule has 0 heterocycles. The van der Waals surface area contributed by atoms with E-state index in [0.717, 1.165) is 25.7 Å². The molecule has 1 unspecified atom stereocenters. The standard InChI is InChI=1S/C12H22N2O3/c15-8-10-17-9-4-7-13-12(16)14-11-5-2-1-3-6-11/h2,5,11,15H,1,3-4,6-10H2,(H2,13,14,16). The van der Waals surface area contributed by atoms with Crippen molar-refractivity contribution < 1.29 is 14.6 Å². The van der Waals surface area contributed by atoms with Gasteiger partial charge in [0.15, 0.2) is 0 Å². The van der Waals surface area contributed by atoms with Gasteiger partial charge in [-0.25, -0.2) is 4.79 Å². The molecule has 0 bridgehead atoms. The molecule has 0 fully saturated rings. The van der Waals surface area contributed by atoms with Crippen LogP contribution in [0.4, 0.5) is 4.79 Å². The van der Waals surface area contributed by atoms with Crippen LogP contribution in [0, 0.1) is 0 Å². The van der Waals surface area contributed by atoms with Crippen LogP contribution in [0.2, 0.25) is 0 Å². The molecule has 98 valence electrons. The lowest BCUT2D eigenvalue weighted by atomic mass is 10.0. The van der Waals surface area contributed by atoms with Crippen molar-refractivity contribution in [2.24, 2.45) is 0 Å². The van der Waals surface area contributed by atoms with Gasteiger partial charge in [-0.05, 0) is 25.7 Å². The number of amides is 2. The number of aliphatic hydroxyl groups is 1. The summed E-state index contributed by atoms with van der Waals surface area (Å²) in [5, 5.41) is 14.2. The predicted molar refractivity (Wildman–Crippen MR) is 65.8 cm³/mol. The molecule has 1 aliphatic carbocycles. The Morgan fingerprint density at radius 2 is 2.35 bits per heavy atom. The van der Waals surface area contributed by atoms with Gasteiger partial charge in [-0.2, -0.15) is 0 Å². The van der Waals surface area contributed by atoms with Gasteiger partial charge >= 0.3 is 6.03 Å². The maximum atomic E-state index is 11.5. The molecule has 0 radical (unpaired) electrons. The molecular formula is C12H22N2O3. The minimum absolute atomic E-state index is 0.0436. The average molecular weight is 242 g/mol. The minimum atomic E-state index is -0.122. The zero-order valence-electron chi connectivity index (χ0n) is 10.2. The van der Waals surface area contributed by atoms with E-state index in [1.54, 1.807) is 0 Å². The fraction of sp³-hybridized carbons (Fsp3) is 0.750. The van der Waals surface area contributed by atoms with Crippen LogP contribution in [0.3, 0.4) is 0 Å². The monoisotopic (exact) mass is 242 g/mol. The number of nitrogens with one attached hydrogen (secondary N) is 2. The number of ether oxygens (including phenoxy) is 1. The number of rotatable bonds is 7. The van der Waals surface area contributed by atoms with Crippen molar-refractivity contribution in [3.05, 3.63) is 12.2 Å². The van der Waals surface area contributed by atoms with Crippen molar-refractivity contribution in [2.45, 2.75) is 31.7 Å². The molecule has 1 atom stereocenters. The number of hydrogen-bond donors (Lipinski definition) is 3. The molecule has 2 amide bonds. The highest BCUT2D eigenvalue weighted by molar-refractivity contribution is 5.74. The van der Waals surface area contributed by atoms with Crippen LogP contribution in [-0.2, 0) is 4.74 Å². The van der Waals surface area contributed by atoms with Crippen molar-refractivity contribution in [1.29, 1.82) is 0 Å². The Morgan fingerprint density at radius 3 is 3.06 bits per heavy atom. The van der Waals surface area contributed by atoms with E-state index in [1.165, 1.54) is 0 Å². The molecule has 0 saturated carbocycles. The second-order valence-corrected chi connectivity index (χ2v) is 4.06. The first kappa shape index (κ1) is 14.0. The molecule has 1 aliphatic rings. The van der Waals surface area contributed by atoms with Crippen molar-refractivity contribution in [2.75, 3.05) is 26.4 Å². The molecule has 3 N–H and O–H groups in total. The highest BCUT2D eigenvalue weighted by Gasteiger charge is 2.10. The van der Waals surface area contributed by atoms with Gasteiger partial charge in [0.25, 0.3) is 0 Å². The van der Waals surface area contributed by atoms with Crippen LogP contribution in [0.5, 0.6) is 0 Å². The molecule has 0 aliphatic heterocycles. The molecule has 5 nitrogen and oxygen atoms in total. The van der Waals surface area contributed by atoms with Gasteiger partial charge in [-0.3, -0.25) is 0 Å². The number of hydrogen-bond acceptors (Lipinski definition) is 3. The first-order valence-electron chi connectivity index (χ1n) is 6.22. The predicted octanol–water partition coefficient (Wildman–Crippen LogP) is 0.793. The number of carbonyl (C=O) groups is 1. The smallest absolute Gasteiger partial charge is 0.315 e. The van der Waals surface area contributed by atoms with Crippen LogP contribution in [0.15, 0.2) is 12.2 Å². The van der Waals surface area contributed by atoms with E-state index in [1.807, 2.05) is 6.08 Å². The SMILES string of the molecule is O=C(NCCCOCCO)NC1C=CCCC1. The van der Waals surface area contributed by atoms with E-state index in [0.29, 0.717) is 19.8 Å². The Morgan fingerprint density at radius 1 is 1.47 bits per heavy atom. The fourth-order valence-corrected chi connectivity index (χ4v) is 1.69. The zero-order valence-corrected chi connectivity index (χ0v) is 10.2. The second kappa shape index (κ2) is 9.01. The Kier molecular flexibility index (Phi) is 7.42. The summed E-state index contributed by atoms with van der Waals surface area (Å²) in [5.41, 5.74) is 0. The number of urea groups is 1. The Balaban J connectivity index is 1.97. The third kappa shape index (κ3) is 6.97. The topological polar surface area (TPSA) is 70.6 Å². The Hall–Kier alpha value is -1.07. The van der Waals surface area contributed by atoms with E-state index >= 15 is 0 Å². The lowest BCUT2D eigenvalue weighted by Gasteiger charge is -2.18. The molecule has 0 aromatic carbocycles. The molecular weight excluding hydrogens is 220 g/mol. The third-order valence-corrected chi connectivity index (χ3v) is 2.56. The van der Waals surface area contributed by atoms with Gasteiger partial charge in [0.1, 0.15) is 0 Å². The van der Waals surface area contributed by atoms with Gasteiger partial charge in [-0.15, -0.1) is 0 Å². The van der Waals surface area contributed by atoms with Gasteiger partial charge < -0.3 is 20.5 Å². The van der Waals surface area contributed by atoms with E-state index in [9.17, 15) is 4.79 Å². The lowest BCUT2D eigenvalue weighted by molar-refractivity contribution is 0.0909. The maximum Gasteiger partial charge on any atom is 0.315 e. The summed E-state index contributed by atoms with van der Waals surface area (Å²) in [7, 11) is 0. The highest BCUT2D eigenvalue weighted by Crippen LogP contribution is 2.09. The molecule has 17 heavy (non-hydrogen) atoms. The van der Waals surface area contributed by atoms with Gasteiger partial charge in [0.05, 0.1) is 13.2 Å². The maximum absolute atomic E-state index is 11.5. The Labute approximate surface area is 102 Å². The van der Waals surface area contributed by atoms with Gasteiger partial charge in [-0.1, -0.05) is 12.2 Å².